The van der Waals surface area contributed by atoms with Crippen molar-refractivity contribution >= 4 is 13.7 Å². The van der Waals surface area contributed by atoms with Gasteiger partial charge in [-0.25, -0.2) is 4.57 Å². The van der Waals surface area contributed by atoms with Crippen LogP contribution >= 0.6 is 7.82 Å². The van der Waals surface area contributed by atoms with Gasteiger partial charge in [0.25, 0.3) is 0 Å². The second-order valence-electron chi connectivity index (χ2n) is 17.8. The zero-order valence-electron chi connectivity index (χ0n) is 40.6. The van der Waals surface area contributed by atoms with Crippen molar-refractivity contribution in [2.75, 3.05) is 40.9 Å². The Morgan fingerprint density at radius 3 is 1.47 bits per heavy atom. The van der Waals surface area contributed by atoms with E-state index >= 15 is 0 Å². The maximum atomic E-state index is 12.8. The summed E-state index contributed by atoms with van der Waals surface area (Å²) in [6.45, 7) is 4.55. The van der Waals surface area contributed by atoms with Gasteiger partial charge in [0.2, 0.25) is 5.91 Å². The highest BCUT2D eigenvalue weighted by Crippen LogP contribution is 2.43. The molecule has 0 aromatic carbocycles. The number of hydrogen-bond acceptors (Lipinski definition) is 5. The maximum absolute atomic E-state index is 12.8. The van der Waals surface area contributed by atoms with E-state index in [0.29, 0.717) is 17.4 Å². The third-order valence-electron chi connectivity index (χ3n) is 10.6. The molecular weight excluding hydrogens is 792 g/mol. The predicted octanol–water partition coefficient (Wildman–Crippen LogP) is 14.5. The molecule has 0 aromatic rings. The van der Waals surface area contributed by atoms with E-state index in [4.69, 9.17) is 9.05 Å². The summed E-state index contributed by atoms with van der Waals surface area (Å²) >= 11 is 0. The highest BCUT2D eigenvalue weighted by molar-refractivity contribution is 7.47. The fourth-order valence-corrected chi connectivity index (χ4v) is 7.41. The van der Waals surface area contributed by atoms with Crippen LogP contribution in [0.1, 0.15) is 194 Å². The van der Waals surface area contributed by atoms with Crippen LogP contribution in [0.5, 0.6) is 0 Å². The number of nitrogens with zero attached hydrogens (tertiary/aromatic N) is 1. The van der Waals surface area contributed by atoms with Crippen LogP contribution < -0.4 is 5.32 Å². The Morgan fingerprint density at radius 2 is 0.984 bits per heavy atom. The van der Waals surface area contributed by atoms with Crippen LogP contribution in [0.3, 0.4) is 0 Å². The van der Waals surface area contributed by atoms with Gasteiger partial charge in [0, 0.05) is 6.42 Å². The first kappa shape index (κ1) is 59.7. The number of nitrogens with one attached hydrogen (secondary N) is 1. The van der Waals surface area contributed by atoms with Crippen molar-refractivity contribution in [3.63, 3.8) is 0 Å². The molecule has 0 aliphatic heterocycles. The number of aliphatic hydroxyl groups excluding tert-OH is 1. The number of carbonyl (C=O) groups excluding carboxylic acids is 1. The number of hydrogen-bond donors (Lipinski definition) is 3. The number of quaternary nitrogens is 1. The van der Waals surface area contributed by atoms with E-state index in [1.54, 1.807) is 6.08 Å². The Labute approximate surface area is 382 Å². The summed E-state index contributed by atoms with van der Waals surface area (Å²) in [5.74, 6) is -0.194. The monoisotopic (exact) mass is 888 g/mol. The standard InChI is InChI=1S/C53H95N2O6P/c1-6-8-10-12-14-15-16-17-18-19-20-21-22-23-24-25-26-27-28-29-30-31-32-33-34-35-36-37-38-39-41-43-45-47-53(57)54-51(52(56)46-44-42-40-13-11-9-7-2)50-61-62(58,59)60-49-48-55(3,4)5/h8,10-11,13-15,17-18,20-21,23-24,44,46,51-52,56H,6-7,9,12,16,19,22,25-43,45,47-50H2,1-5H3,(H-,54,57,58,59)/p+1/b10-8-,13-11+,15-14-,18-17-,21-20-,24-23-,46-44+. The highest BCUT2D eigenvalue weighted by atomic mass is 31.2. The molecule has 0 saturated heterocycles. The minimum atomic E-state index is -4.34. The van der Waals surface area contributed by atoms with Gasteiger partial charge in [-0.05, 0) is 70.6 Å². The molecular formula is C53H96N2O6P+. The predicted molar refractivity (Wildman–Crippen MR) is 267 cm³/mol. The summed E-state index contributed by atoms with van der Waals surface area (Å²) in [7, 11) is 1.54. The number of amides is 1. The van der Waals surface area contributed by atoms with Crippen molar-refractivity contribution in [1.29, 1.82) is 0 Å². The van der Waals surface area contributed by atoms with E-state index in [-0.39, 0.29) is 19.1 Å². The zero-order valence-corrected chi connectivity index (χ0v) is 41.5. The molecule has 1 amide bonds. The number of allylic oxidation sites excluding steroid dienone is 13. The summed E-state index contributed by atoms with van der Waals surface area (Å²) in [4.78, 5) is 23.0. The lowest BCUT2D eigenvalue weighted by atomic mass is 10.0. The largest absolute Gasteiger partial charge is 0.472 e. The lowest BCUT2D eigenvalue weighted by Gasteiger charge is -2.25. The number of aliphatic hydroxyl groups is 1. The zero-order chi connectivity index (χ0) is 45.7. The molecule has 0 aromatic heterocycles. The van der Waals surface area contributed by atoms with E-state index in [0.717, 1.165) is 77.0 Å². The van der Waals surface area contributed by atoms with Gasteiger partial charge in [0.05, 0.1) is 39.9 Å². The molecule has 358 valence electrons. The first-order chi connectivity index (χ1) is 30.0. The SMILES string of the molecule is CC/C=C\C/C=C\C/C=C\C/C=C\C/C=C\CCCCCCCCCCCCCCCCCCCC(=O)NC(COP(=O)(O)OCC[N+](C)(C)C)C(O)/C=C/CC/C=C/CCC. The normalized spacial score (nSPS) is 14.9. The molecule has 3 atom stereocenters. The van der Waals surface area contributed by atoms with Gasteiger partial charge in [-0.3, -0.25) is 13.8 Å². The van der Waals surface area contributed by atoms with Crippen molar-refractivity contribution < 1.29 is 32.9 Å². The summed E-state index contributed by atoms with van der Waals surface area (Å²) in [5, 5.41) is 13.7. The molecule has 9 heteroatoms. The molecule has 3 N–H and O–H groups in total. The van der Waals surface area contributed by atoms with Gasteiger partial charge >= 0.3 is 7.82 Å². The Hall–Kier alpha value is -2.32. The number of phosphoric acid groups is 1. The fourth-order valence-electron chi connectivity index (χ4n) is 6.68. The van der Waals surface area contributed by atoms with Gasteiger partial charge in [-0.15, -0.1) is 0 Å². The molecule has 0 spiro atoms. The number of unbranched alkanes of at least 4 members (excludes halogenated alkanes) is 19. The molecule has 62 heavy (non-hydrogen) atoms. The van der Waals surface area contributed by atoms with Crippen LogP contribution in [-0.2, 0) is 18.4 Å². The first-order valence-electron chi connectivity index (χ1n) is 25.0. The van der Waals surface area contributed by atoms with Crippen molar-refractivity contribution in [2.45, 2.75) is 206 Å². The summed E-state index contributed by atoms with van der Waals surface area (Å²) in [6.07, 6.45) is 61.4. The second kappa shape index (κ2) is 43.9. The molecule has 0 heterocycles. The highest BCUT2D eigenvalue weighted by Gasteiger charge is 2.27. The average molecular weight is 888 g/mol. The number of rotatable bonds is 44. The molecule has 0 aliphatic rings. The molecule has 8 nitrogen and oxygen atoms in total. The molecule has 0 bridgehead atoms. The van der Waals surface area contributed by atoms with Crippen molar-refractivity contribution in [2.24, 2.45) is 0 Å². The first-order valence-corrected chi connectivity index (χ1v) is 26.5. The summed E-state index contributed by atoms with van der Waals surface area (Å²) < 4.78 is 23.4. The lowest BCUT2D eigenvalue weighted by molar-refractivity contribution is -0.870. The number of carbonyl (C=O) groups is 1. The van der Waals surface area contributed by atoms with E-state index in [2.05, 4.69) is 92.1 Å². The van der Waals surface area contributed by atoms with Crippen molar-refractivity contribution in [1.82, 2.24) is 5.32 Å². The van der Waals surface area contributed by atoms with Crippen LogP contribution in [0.4, 0.5) is 0 Å². The second-order valence-corrected chi connectivity index (χ2v) is 19.3. The minimum absolute atomic E-state index is 0.0532. The maximum Gasteiger partial charge on any atom is 0.472 e. The molecule has 3 unspecified atom stereocenters. The molecule has 0 saturated carbocycles. The minimum Gasteiger partial charge on any atom is -0.387 e. The van der Waals surface area contributed by atoms with E-state index in [1.807, 2.05) is 27.2 Å². The topological polar surface area (TPSA) is 105 Å². The lowest BCUT2D eigenvalue weighted by Crippen LogP contribution is -2.45. The van der Waals surface area contributed by atoms with Gasteiger partial charge in [0.1, 0.15) is 13.2 Å². The van der Waals surface area contributed by atoms with E-state index in [1.165, 1.54) is 96.3 Å². The van der Waals surface area contributed by atoms with Gasteiger partial charge < -0.3 is 19.8 Å². The smallest absolute Gasteiger partial charge is 0.387 e. The van der Waals surface area contributed by atoms with E-state index < -0.39 is 20.0 Å². The number of phosphoric ester groups is 1. The van der Waals surface area contributed by atoms with Crippen molar-refractivity contribution in [3.05, 3.63) is 85.1 Å². The summed E-state index contributed by atoms with van der Waals surface area (Å²) in [6, 6.07) is -0.863. The van der Waals surface area contributed by atoms with Gasteiger partial charge in [-0.1, -0.05) is 202 Å². The van der Waals surface area contributed by atoms with Crippen molar-refractivity contribution in [3.8, 4) is 0 Å². The molecule has 0 aliphatic carbocycles. The van der Waals surface area contributed by atoms with Crippen LogP contribution in [0.15, 0.2) is 85.1 Å². The van der Waals surface area contributed by atoms with Crippen LogP contribution in [0, 0.1) is 0 Å². The summed E-state index contributed by atoms with van der Waals surface area (Å²) in [5.41, 5.74) is 0. The third-order valence-corrected chi connectivity index (χ3v) is 11.6. The fraction of sp³-hybridized carbons (Fsp3) is 0.717. The molecule has 0 radical (unpaired) electrons. The van der Waals surface area contributed by atoms with Crippen LogP contribution in [-0.4, -0.2) is 73.4 Å². The van der Waals surface area contributed by atoms with E-state index in [9.17, 15) is 19.4 Å². The Bertz CT molecular complexity index is 1280. The Balaban J connectivity index is 3.94. The van der Waals surface area contributed by atoms with Crippen LogP contribution in [0.25, 0.3) is 0 Å². The number of likely N-dealkylation sites (N-methyl/N-ethyl adjacent to an activating group) is 1. The molecule has 0 fully saturated rings. The Morgan fingerprint density at radius 1 is 0.565 bits per heavy atom. The van der Waals surface area contributed by atoms with Gasteiger partial charge in [-0.2, -0.15) is 0 Å². The van der Waals surface area contributed by atoms with Gasteiger partial charge in [0.15, 0.2) is 0 Å². The Kier molecular flexibility index (Phi) is 42.3. The van der Waals surface area contributed by atoms with Crippen LogP contribution in [0.2, 0.25) is 0 Å². The molecule has 0 rings (SSSR count). The average Bonchev–Trinajstić information content (AvgIpc) is 3.23. The third kappa shape index (κ3) is 45.7. The quantitative estimate of drug-likeness (QED) is 0.0244.